The van der Waals surface area contributed by atoms with E-state index in [2.05, 4.69) is 5.32 Å². The van der Waals surface area contributed by atoms with Crippen LogP contribution in [-0.4, -0.2) is 36.3 Å². The Hall–Kier alpha value is -1.59. The lowest BCUT2D eigenvalue weighted by Gasteiger charge is -2.19. The number of carbonyl (C=O) groups excluding carboxylic acids is 2. The quantitative estimate of drug-likeness (QED) is 0.884. The topological polar surface area (TPSA) is 75.4 Å². The highest BCUT2D eigenvalue weighted by Gasteiger charge is 2.16. The molecule has 6 heteroatoms. The molecular formula is C14H22ClN3O2. The Morgan fingerprint density at radius 2 is 1.80 bits per heavy atom. The van der Waals surface area contributed by atoms with Gasteiger partial charge in [0.05, 0.1) is 12.6 Å². The minimum atomic E-state index is -0.599. The number of benzene rings is 1. The number of amides is 2. The van der Waals surface area contributed by atoms with Gasteiger partial charge in [-0.05, 0) is 31.9 Å². The highest BCUT2D eigenvalue weighted by molar-refractivity contribution is 5.96. The van der Waals surface area contributed by atoms with Gasteiger partial charge >= 0.3 is 0 Å². The smallest absolute Gasteiger partial charge is 0.243 e. The van der Waals surface area contributed by atoms with E-state index in [1.165, 1.54) is 4.90 Å². The zero-order chi connectivity index (χ0) is 14.6. The molecule has 0 aliphatic rings. The number of aryl methyl sites for hydroxylation is 2. The predicted molar refractivity (Wildman–Crippen MR) is 83.1 cm³/mol. The first-order chi connectivity index (χ1) is 8.82. The first-order valence-electron chi connectivity index (χ1n) is 6.19. The van der Waals surface area contributed by atoms with Crippen molar-refractivity contribution < 1.29 is 9.59 Å². The maximum atomic E-state index is 11.9. The Kier molecular flexibility index (Phi) is 7.24. The molecular weight excluding hydrogens is 278 g/mol. The number of likely N-dealkylation sites (N-methyl/N-ethyl adjacent to an activating group) is 1. The third kappa shape index (κ3) is 4.83. The molecule has 1 atom stereocenters. The second-order valence-corrected chi connectivity index (χ2v) is 4.80. The third-order valence-corrected chi connectivity index (χ3v) is 2.89. The second kappa shape index (κ2) is 7.87. The Labute approximate surface area is 125 Å². The molecule has 0 aliphatic carbocycles. The van der Waals surface area contributed by atoms with Crippen LogP contribution in [0.4, 0.5) is 5.69 Å². The van der Waals surface area contributed by atoms with E-state index < -0.39 is 6.04 Å². The van der Waals surface area contributed by atoms with E-state index in [-0.39, 0.29) is 30.8 Å². The lowest BCUT2D eigenvalue weighted by atomic mass is 10.1. The summed E-state index contributed by atoms with van der Waals surface area (Å²) in [6.07, 6.45) is 0. The molecule has 2 amide bonds. The summed E-state index contributed by atoms with van der Waals surface area (Å²) in [5.41, 5.74) is 8.28. The molecule has 3 N–H and O–H groups in total. The van der Waals surface area contributed by atoms with Crippen LogP contribution < -0.4 is 11.1 Å². The summed E-state index contributed by atoms with van der Waals surface area (Å²) < 4.78 is 0. The van der Waals surface area contributed by atoms with E-state index in [9.17, 15) is 9.59 Å². The van der Waals surface area contributed by atoms with Crippen molar-refractivity contribution >= 4 is 29.9 Å². The number of halogens is 1. The number of carbonyl (C=O) groups is 2. The van der Waals surface area contributed by atoms with Gasteiger partial charge in [-0.25, -0.2) is 0 Å². The van der Waals surface area contributed by atoms with Crippen LogP contribution in [0.2, 0.25) is 0 Å². The molecule has 0 aromatic heterocycles. The van der Waals surface area contributed by atoms with E-state index in [0.29, 0.717) is 0 Å². The van der Waals surface area contributed by atoms with Crippen molar-refractivity contribution in [2.75, 3.05) is 18.9 Å². The summed E-state index contributed by atoms with van der Waals surface area (Å²) in [7, 11) is 1.57. The predicted octanol–water partition coefficient (Wildman–Crippen LogP) is 1.47. The summed E-state index contributed by atoms with van der Waals surface area (Å²) in [4.78, 5) is 24.8. The maximum absolute atomic E-state index is 11.9. The molecule has 20 heavy (non-hydrogen) atoms. The molecule has 0 radical (unpaired) electrons. The molecule has 1 aromatic rings. The molecule has 0 saturated heterocycles. The Morgan fingerprint density at radius 1 is 1.30 bits per heavy atom. The fourth-order valence-electron chi connectivity index (χ4n) is 1.83. The molecule has 1 aromatic carbocycles. The summed E-state index contributed by atoms with van der Waals surface area (Å²) in [6.45, 7) is 5.45. The van der Waals surface area contributed by atoms with Gasteiger partial charge in [-0.1, -0.05) is 18.2 Å². The van der Waals surface area contributed by atoms with Gasteiger partial charge in [0, 0.05) is 12.7 Å². The van der Waals surface area contributed by atoms with Gasteiger partial charge in [-0.15, -0.1) is 12.4 Å². The lowest BCUT2D eigenvalue weighted by molar-refractivity contribution is -0.134. The van der Waals surface area contributed by atoms with E-state index in [1.54, 1.807) is 14.0 Å². The van der Waals surface area contributed by atoms with Gasteiger partial charge in [-0.2, -0.15) is 0 Å². The summed E-state index contributed by atoms with van der Waals surface area (Å²) >= 11 is 0. The minimum absolute atomic E-state index is 0. The van der Waals surface area contributed by atoms with E-state index in [4.69, 9.17) is 5.73 Å². The van der Waals surface area contributed by atoms with Crippen LogP contribution >= 0.6 is 12.4 Å². The van der Waals surface area contributed by atoms with Gasteiger partial charge in [-0.3, -0.25) is 9.59 Å². The lowest BCUT2D eigenvalue weighted by Crippen LogP contribution is -2.43. The number of rotatable bonds is 4. The monoisotopic (exact) mass is 299 g/mol. The van der Waals surface area contributed by atoms with Gasteiger partial charge in [0.15, 0.2) is 0 Å². The highest BCUT2D eigenvalue weighted by atomic mass is 35.5. The highest BCUT2D eigenvalue weighted by Crippen LogP contribution is 2.19. The van der Waals surface area contributed by atoms with Crippen LogP contribution in [0.25, 0.3) is 0 Å². The molecule has 0 spiro atoms. The molecule has 0 fully saturated rings. The van der Waals surface area contributed by atoms with Crippen molar-refractivity contribution in [2.24, 2.45) is 5.73 Å². The first kappa shape index (κ1) is 18.4. The van der Waals surface area contributed by atoms with Crippen LogP contribution in [0.15, 0.2) is 18.2 Å². The molecule has 5 nitrogen and oxygen atoms in total. The van der Waals surface area contributed by atoms with Gasteiger partial charge in [0.1, 0.15) is 0 Å². The van der Waals surface area contributed by atoms with Crippen molar-refractivity contribution in [1.82, 2.24) is 4.90 Å². The largest absolute Gasteiger partial charge is 0.335 e. The average molecular weight is 300 g/mol. The fourth-order valence-corrected chi connectivity index (χ4v) is 1.83. The average Bonchev–Trinajstić information content (AvgIpc) is 2.32. The van der Waals surface area contributed by atoms with Crippen molar-refractivity contribution in [3.8, 4) is 0 Å². The number of anilines is 1. The van der Waals surface area contributed by atoms with Crippen LogP contribution in [0.5, 0.6) is 0 Å². The van der Waals surface area contributed by atoms with Gasteiger partial charge < -0.3 is 16.0 Å². The minimum Gasteiger partial charge on any atom is -0.335 e. The normalized spacial score (nSPS) is 11.2. The van der Waals surface area contributed by atoms with Crippen molar-refractivity contribution in [3.63, 3.8) is 0 Å². The maximum Gasteiger partial charge on any atom is 0.243 e. The number of nitrogens with two attached hydrogens (primary N) is 1. The van der Waals surface area contributed by atoms with Crippen LogP contribution in [0, 0.1) is 13.8 Å². The van der Waals surface area contributed by atoms with E-state index in [0.717, 1.165) is 16.8 Å². The first-order valence-corrected chi connectivity index (χ1v) is 6.19. The van der Waals surface area contributed by atoms with Gasteiger partial charge in [0.2, 0.25) is 11.8 Å². The molecule has 0 bridgehead atoms. The molecule has 1 rings (SSSR count). The number of nitrogens with one attached hydrogen (secondary N) is 1. The van der Waals surface area contributed by atoms with Crippen molar-refractivity contribution in [2.45, 2.75) is 26.8 Å². The summed E-state index contributed by atoms with van der Waals surface area (Å²) in [5, 5.41) is 2.83. The fraction of sp³-hybridized carbons (Fsp3) is 0.429. The van der Waals surface area contributed by atoms with E-state index in [1.807, 2.05) is 32.0 Å². The van der Waals surface area contributed by atoms with Crippen LogP contribution in [-0.2, 0) is 9.59 Å². The third-order valence-electron chi connectivity index (χ3n) is 2.89. The Balaban J connectivity index is 0.00000361. The number of hydrogen-bond acceptors (Lipinski definition) is 3. The van der Waals surface area contributed by atoms with Gasteiger partial charge in [0.25, 0.3) is 0 Å². The second-order valence-electron chi connectivity index (χ2n) is 4.80. The Bertz CT molecular complexity index is 469. The Morgan fingerprint density at radius 3 is 2.25 bits per heavy atom. The molecule has 112 valence electrons. The summed E-state index contributed by atoms with van der Waals surface area (Å²) in [5.74, 6) is -0.481. The summed E-state index contributed by atoms with van der Waals surface area (Å²) in [6, 6.07) is 5.20. The number of hydrogen-bond donors (Lipinski definition) is 2. The SMILES string of the molecule is Cc1cccc(C)c1NC(=O)CN(C)C(=O)C(C)N.Cl. The standard InChI is InChI=1S/C14H21N3O2.ClH/c1-9-6-5-7-10(2)13(9)16-12(18)8-17(4)14(19)11(3)15;/h5-7,11H,8,15H2,1-4H3,(H,16,18);1H. The van der Waals surface area contributed by atoms with Crippen LogP contribution in [0.1, 0.15) is 18.1 Å². The van der Waals surface area contributed by atoms with Crippen molar-refractivity contribution in [1.29, 1.82) is 0 Å². The zero-order valence-corrected chi connectivity index (χ0v) is 13.1. The zero-order valence-electron chi connectivity index (χ0n) is 12.3. The van der Waals surface area contributed by atoms with E-state index >= 15 is 0 Å². The van der Waals surface area contributed by atoms with Crippen LogP contribution in [0.3, 0.4) is 0 Å². The van der Waals surface area contributed by atoms with Crippen molar-refractivity contribution in [3.05, 3.63) is 29.3 Å². The number of nitrogens with zero attached hydrogens (tertiary/aromatic N) is 1. The molecule has 0 heterocycles. The molecule has 0 aliphatic heterocycles. The molecule has 1 unspecified atom stereocenters. The molecule has 0 saturated carbocycles. The number of para-hydroxylation sites is 1.